The zero-order valence-electron chi connectivity index (χ0n) is 11.7. The Balaban J connectivity index is 2.12. The number of aromatic amines is 1. The number of rotatable bonds is 4. The molecule has 2 N–H and O–H groups in total. The van der Waals surface area contributed by atoms with Gasteiger partial charge in [0.05, 0.1) is 6.42 Å². The van der Waals surface area contributed by atoms with Crippen LogP contribution in [0.5, 0.6) is 0 Å². The SMILES string of the molecule is CCC[C@@H]1C(=O)NCCN1C(=O)Cc1sc(=S)[nH]c1C. The van der Waals surface area contributed by atoms with Crippen LogP contribution in [0, 0.1) is 10.9 Å². The standard InChI is InChI=1S/C13H19N3O2S2/c1-3-4-9-12(18)14-5-6-16(9)11(17)7-10-8(2)15-13(19)20-10/h9H,3-7H2,1-2H3,(H,14,18)(H,15,19)/t9-/m1/s1. The van der Waals surface area contributed by atoms with Crippen molar-refractivity contribution in [3.05, 3.63) is 14.5 Å². The Labute approximate surface area is 127 Å². The third-order valence-electron chi connectivity index (χ3n) is 3.45. The highest BCUT2D eigenvalue weighted by molar-refractivity contribution is 7.73. The number of H-pyrrole nitrogens is 1. The molecule has 1 saturated heterocycles. The van der Waals surface area contributed by atoms with E-state index in [0.717, 1.165) is 17.0 Å². The lowest BCUT2D eigenvalue weighted by atomic mass is 10.1. The summed E-state index contributed by atoms with van der Waals surface area (Å²) in [6, 6.07) is -0.325. The van der Waals surface area contributed by atoms with Gasteiger partial charge in [-0.3, -0.25) is 9.59 Å². The number of aromatic nitrogens is 1. The fourth-order valence-corrected chi connectivity index (χ4v) is 3.70. The fraction of sp³-hybridized carbons (Fsp3) is 0.615. The third-order valence-corrected chi connectivity index (χ3v) is 4.79. The van der Waals surface area contributed by atoms with E-state index in [2.05, 4.69) is 10.3 Å². The minimum atomic E-state index is -0.325. The van der Waals surface area contributed by atoms with Crippen molar-refractivity contribution in [3.8, 4) is 0 Å². The van der Waals surface area contributed by atoms with Crippen LogP contribution < -0.4 is 5.32 Å². The summed E-state index contributed by atoms with van der Waals surface area (Å²) in [5, 5.41) is 2.83. The van der Waals surface area contributed by atoms with Crippen molar-refractivity contribution in [1.82, 2.24) is 15.2 Å². The van der Waals surface area contributed by atoms with Crippen LogP contribution in [0.25, 0.3) is 0 Å². The molecule has 5 nitrogen and oxygen atoms in total. The van der Waals surface area contributed by atoms with Gasteiger partial charge in [0, 0.05) is 23.7 Å². The Bertz CT molecular complexity index is 564. The van der Waals surface area contributed by atoms with Gasteiger partial charge in [0.2, 0.25) is 11.8 Å². The number of nitrogens with one attached hydrogen (secondary N) is 2. The molecule has 1 atom stereocenters. The van der Waals surface area contributed by atoms with Crippen molar-refractivity contribution in [2.75, 3.05) is 13.1 Å². The van der Waals surface area contributed by atoms with Gasteiger partial charge in [-0.25, -0.2) is 0 Å². The lowest BCUT2D eigenvalue weighted by molar-refractivity contribution is -0.143. The number of carbonyl (C=O) groups is 2. The number of piperazine rings is 1. The Morgan fingerprint density at radius 2 is 2.30 bits per heavy atom. The van der Waals surface area contributed by atoms with Crippen molar-refractivity contribution in [1.29, 1.82) is 0 Å². The first kappa shape index (κ1) is 15.2. The van der Waals surface area contributed by atoms with E-state index in [1.165, 1.54) is 11.3 Å². The molecule has 20 heavy (non-hydrogen) atoms. The third kappa shape index (κ3) is 3.27. The highest BCUT2D eigenvalue weighted by Gasteiger charge is 2.32. The molecule has 2 rings (SSSR count). The minimum Gasteiger partial charge on any atom is -0.353 e. The number of hydrogen-bond acceptors (Lipinski definition) is 4. The van der Waals surface area contributed by atoms with E-state index >= 15 is 0 Å². The molecule has 0 bridgehead atoms. The van der Waals surface area contributed by atoms with Gasteiger partial charge >= 0.3 is 0 Å². The molecule has 0 saturated carbocycles. The maximum absolute atomic E-state index is 12.5. The second-order valence-electron chi connectivity index (χ2n) is 4.92. The molecule has 110 valence electrons. The Hall–Kier alpha value is -1.21. The van der Waals surface area contributed by atoms with Crippen LogP contribution in [0.1, 0.15) is 30.3 Å². The second kappa shape index (κ2) is 6.49. The fourth-order valence-electron chi connectivity index (χ4n) is 2.42. The molecule has 0 aromatic carbocycles. The zero-order valence-corrected chi connectivity index (χ0v) is 13.3. The number of nitrogens with zero attached hydrogens (tertiary/aromatic N) is 1. The quantitative estimate of drug-likeness (QED) is 0.833. The van der Waals surface area contributed by atoms with E-state index < -0.39 is 0 Å². The van der Waals surface area contributed by atoms with Crippen LogP contribution in [0.4, 0.5) is 0 Å². The Morgan fingerprint density at radius 3 is 2.90 bits per heavy atom. The molecule has 1 aromatic heterocycles. The lowest BCUT2D eigenvalue weighted by Crippen LogP contribution is -2.57. The van der Waals surface area contributed by atoms with Gasteiger partial charge in [0.1, 0.15) is 6.04 Å². The predicted octanol–water partition coefficient (Wildman–Crippen LogP) is 1.78. The van der Waals surface area contributed by atoms with Crippen LogP contribution >= 0.6 is 23.6 Å². The van der Waals surface area contributed by atoms with Gasteiger partial charge in [-0.05, 0) is 25.6 Å². The first-order chi connectivity index (χ1) is 9.52. The van der Waals surface area contributed by atoms with Gasteiger partial charge in [-0.1, -0.05) is 13.3 Å². The average Bonchev–Trinajstić information content (AvgIpc) is 2.70. The van der Waals surface area contributed by atoms with E-state index in [1.54, 1.807) is 4.90 Å². The lowest BCUT2D eigenvalue weighted by Gasteiger charge is -2.35. The first-order valence-corrected chi connectivity index (χ1v) is 8.01. The number of aryl methyl sites for hydroxylation is 1. The van der Waals surface area contributed by atoms with Gasteiger partial charge in [-0.15, -0.1) is 11.3 Å². The van der Waals surface area contributed by atoms with Crippen LogP contribution in [0.3, 0.4) is 0 Å². The van der Waals surface area contributed by atoms with Crippen molar-refractivity contribution < 1.29 is 9.59 Å². The predicted molar refractivity (Wildman–Crippen MR) is 81.4 cm³/mol. The molecule has 1 fully saturated rings. The normalized spacial score (nSPS) is 19.0. The highest BCUT2D eigenvalue weighted by Crippen LogP contribution is 2.18. The summed E-state index contributed by atoms with van der Waals surface area (Å²) >= 11 is 6.52. The van der Waals surface area contributed by atoms with Gasteiger partial charge in [0.25, 0.3) is 0 Å². The number of hydrogen-bond donors (Lipinski definition) is 2. The van der Waals surface area contributed by atoms with Gasteiger partial charge in [-0.2, -0.15) is 0 Å². The van der Waals surface area contributed by atoms with Crippen molar-refractivity contribution in [2.45, 2.75) is 39.2 Å². The van der Waals surface area contributed by atoms with Crippen molar-refractivity contribution in [3.63, 3.8) is 0 Å². The van der Waals surface area contributed by atoms with Crippen LogP contribution in [0.2, 0.25) is 0 Å². The van der Waals surface area contributed by atoms with E-state index in [0.29, 0.717) is 29.9 Å². The van der Waals surface area contributed by atoms with Crippen molar-refractivity contribution >= 4 is 35.4 Å². The van der Waals surface area contributed by atoms with E-state index in [1.807, 2.05) is 13.8 Å². The van der Waals surface area contributed by atoms with Crippen molar-refractivity contribution in [2.24, 2.45) is 0 Å². The van der Waals surface area contributed by atoms with E-state index in [9.17, 15) is 9.59 Å². The molecule has 0 unspecified atom stereocenters. The molecule has 7 heteroatoms. The smallest absolute Gasteiger partial charge is 0.242 e. The largest absolute Gasteiger partial charge is 0.353 e. The molecule has 0 spiro atoms. The minimum absolute atomic E-state index is 0.00616. The van der Waals surface area contributed by atoms with Gasteiger partial charge < -0.3 is 15.2 Å². The Kier molecular flexibility index (Phi) is 4.93. The zero-order chi connectivity index (χ0) is 14.7. The summed E-state index contributed by atoms with van der Waals surface area (Å²) in [4.78, 5) is 30.1. The maximum atomic E-state index is 12.5. The van der Waals surface area contributed by atoms with E-state index in [4.69, 9.17) is 12.2 Å². The number of thiazole rings is 1. The summed E-state index contributed by atoms with van der Waals surface area (Å²) in [6.07, 6.45) is 1.90. The summed E-state index contributed by atoms with van der Waals surface area (Å²) in [5.74, 6) is -0.0310. The Morgan fingerprint density at radius 1 is 1.55 bits per heavy atom. The summed E-state index contributed by atoms with van der Waals surface area (Å²) in [5.41, 5.74) is 0.946. The molecular formula is C13H19N3O2S2. The summed E-state index contributed by atoms with van der Waals surface area (Å²) in [6.45, 7) is 5.06. The van der Waals surface area contributed by atoms with E-state index in [-0.39, 0.29) is 17.9 Å². The molecule has 0 aliphatic carbocycles. The molecule has 1 aliphatic heterocycles. The maximum Gasteiger partial charge on any atom is 0.242 e. The number of amides is 2. The first-order valence-electron chi connectivity index (χ1n) is 6.78. The molecule has 2 heterocycles. The summed E-state index contributed by atoms with van der Waals surface area (Å²) < 4.78 is 0.687. The highest BCUT2D eigenvalue weighted by atomic mass is 32.1. The molecule has 2 amide bonds. The summed E-state index contributed by atoms with van der Waals surface area (Å²) in [7, 11) is 0. The van der Waals surface area contributed by atoms with Gasteiger partial charge in [0.15, 0.2) is 3.95 Å². The van der Waals surface area contributed by atoms with Crippen LogP contribution in [-0.2, 0) is 16.0 Å². The molecule has 1 aromatic rings. The molecule has 0 radical (unpaired) electrons. The number of carbonyl (C=O) groups excluding carboxylic acids is 2. The van der Waals surface area contributed by atoms with Crippen LogP contribution in [-0.4, -0.2) is 40.8 Å². The molecular weight excluding hydrogens is 294 g/mol. The monoisotopic (exact) mass is 313 g/mol. The topological polar surface area (TPSA) is 65.2 Å². The average molecular weight is 313 g/mol. The second-order valence-corrected chi connectivity index (χ2v) is 6.69. The molecule has 1 aliphatic rings. The van der Waals surface area contributed by atoms with Crippen LogP contribution in [0.15, 0.2) is 0 Å².